The molecule has 1 saturated heterocycles. The molecular formula is C16H17NO3. The van der Waals surface area contributed by atoms with Crippen LogP contribution in [0, 0.1) is 17.8 Å². The Morgan fingerprint density at radius 3 is 2.75 bits per heavy atom. The molecule has 2 rings (SSSR count). The van der Waals surface area contributed by atoms with Crippen molar-refractivity contribution in [1.82, 2.24) is 4.90 Å². The Bertz CT molecular complexity index is 542. The summed E-state index contributed by atoms with van der Waals surface area (Å²) in [6.45, 7) is 1.29. The average molecular weight is 271 g/mol. The summed E-state index contributed by atoms with van der Waals surface area (Å²) < 4.78 is 0. The van der Waals surface area contributed by atoms with E-state index in [9.17, 15) is 9.59 Å². The van der Waals surface area contributed by atoms with Gasteiger partial charge in [0.05, 0.1) is 0 Å². The topological polar surface area (TPSA) is 57.6 Å². The maximum Gasteiger partial charge on any atom is 0.303 e. The molecule has 4 heteroatoms. The van der Waals surface area contributed by atoms with Crippen LogP contribution in [-0.4, -0.2) is 35.0 Å². The van der Waals surface area contributed by atoms with Crippen molar-refractivity contribution in [3.05, 3.63) is 35.9 Å². The third-order valence-corrected chi connectivity index (χ3v) is 3.43. The molecule has 0 aliphatic carbocycles. The maximum atomic E-state index is 11.9. The summed E-state index contributed by atoms with van der Waals surface area (Å²) in [5, 5.41) is 8.66. The number of carbonyl (C=O) groups excluding carboxylic acids is 1. The van der Waals surface area contributed by atoms with Crippen molar-refractivity contribution in [1.29, 1.82) is 0 Å². The molecule has 1 atom stereocenters. The molecule has 20 heavy (non-hydrogen) atoms. The third-order valence-electron chi connectivity index (χ3n) is 3.43. The summed E-state index contributed by atoms with van der Waals surface area (Å²) in [6.07, 6.45) is 1.67. The Kier molecular flexibility index (Phi) is 4.78. The lowest BCUT2D eigenvalue weighted by Gasteiger charge is -2.12. The van der Waals surface area contributed by atoms with Crippen LogP contribution in [0.2, 0.25) is 0 Å². The number of nitrogens with zero attached hydrogens (tertiary/aromatic N) is 1. The summed E-state index contributed by atoms with van der Waals surface area (Å²) in [5.74, 6) is 4.83. The summed E-state index contributed by atoms with van der Waals surface area (Å²) in [7, 11) is 0. The fourth-order valence-electron chi connectivity index (χ4n) is 2.31. The van der Waals surface area contributed by atoms with E-state index in [1.165, 1.54) is 0 Å². The first-order chi connectivity index (χ1) is 9.65. The second-order valence-electron chi connectivity index (χ2n) is 4.95. The minimum atomic E-state index is -0.779. The number of hydrogen-bond acceptors (Lipinski definition) is 2. The van der Waals surface area contributed by atoms with E-state index >= 15 is 0 Å². The summed E-state index contributed by atoms with van der Waals surface area (Å²) in [6, 6.07) is 9.39. The lowest BCUT2D eigenvalue weighted by Crippen LogP contribution is -2.27. The van der Waals surface area contributed by atoms with Gasteiger partial charge in [-0.15, -0.1) is 0 Å². The molecule has 0 aromatic heterocycles. The van der Waals surface area contributed by atoms with Gasteiger partial charge in [-0.2, -0.15) is 0 Å². The van der Waals surface area contributed by atoms with Gasteiger partial charge in [0, 0.05) is 31.0 Å². The Hall–Kier alpha value is -2.28. The largest absolute Gasteiger partial charge is 0.481 e. The van der Waals surface area contributed by atoms with Crippen LogP contribution in [0.25, 0.3) is 0 Å². The molecule has 1 heterocycles. The first kappa shape index (κ1) is 14.1. The molecule has 1 aromatic carbocycles. The van der Waals surface area contributed by atoms with Crippen molar-refractivity contribution in [2.45, 2.75) is 19.3 Å². The van der Waals surface area contributed by atoms with E-state index in [0.717, 1.165) is 12.0 Å². The Labute approximate surface area is 118 Å². The van der Waals surface area contributed by atoms with Crippen molar-refractivity contribution in [2.75, 3.05) is 13.1 Å². The zero-order chi connectivity index (χ0) is 14.4. The van der Waals surface area contributed by atoms with Crippen LogP contribution in [-0.2, 0) is 9.59 Å². The molecule has 0 saturated carbocycles. The van der Waals surface area contributed by atoms with E-state index in [0.29, 0.717) is 19.5 Å². The normalized spacial score (nSPS) is 17.4. The number of benzene rings is 1. The number of aliphatic carboxylic acids is 1. The predicted molar refractivity (Wildman–Crippen MR) is 74.9 cm³/mol. The summed E-state index contributed by atoms with van der Waals surface area (Å²) in [5.41, 5.74) is 0.822. The van der Waals surface area contributed by atoms with Gasteiger partial charge in [0.1, 0.15) is 0 Å². The molecule has 0 spiro atoms. The molecule has 1 aliphatic heterocycles. The number of carboxylic acid groups (broad SMARTS) is 1. The molecule has 4 nitrogen and oxygen atoms in total. The number of carboxylic acids is 1. The van der Waals surface area contributed by atoms with E-state index < -0.39 is 5.97 Å². The highest BCUT2D eigenvalue weighted by molar-refractivity contribution is 5.94. The van der Waals surface area contributed by atoms with Gasteiger partial charge in [-0.3, -0.25) is 9.59 Å². The van der Waals surface area contributed by atoms with Crippen molar-refractivity contribution < 1.29 is 14.7 Å². The number of rotatable bonds is 3. The van der Waals surface area contributed by atoms with Crippen molar-refractivity contribution >= 4 is 11.9 Å². The summed E-state index contributed by atoms with van der Waals surface area (Å²) >= 11 is 0. The van der Waals surface area contributed by atoms with Gasteiger partial charge < -0.3 is 10.0 Å². The minimum absolute atomic E-state index is 0.169. The van der Waals surface area contributed by atoms with Crippen molar-refractivity contribution in [2.24, 2.45) is 5.92 Å². The third kappa shape index (κ3) is 4.13. The van der Waals surface area contributed by atoms with Crippen LogP contribution in [0.4, 0.5) is 0 Å². The second-order valence-corrected chi connectivity index (χ2v) is 4.95. The highest BCUT2D eigenvalue weighted by Crippen LogP contribution is 2.20. The Morgan fingerprint density at radius 2 is 2.05 bits per heavy atom. The van der Waals surface area contributed by atoms with E-state index in [2.05, 4.69) is 11.8 Å². The van der Waals surface area contributed by atoms with Crippen LogP contribution in [0.3, 0.4) is 0 Å². The van der Waals surface area contributed by atoms with E-state index in [4.69, 9.17) is 5.11 Å². The SMILES string of the molecule is O=C(O)CCC1CCN(C(=O)C#Cc2ccccc2)C1. The average Bonchev–Trinajstić information content (AvgIpc) is 2.92. The Morgan fingerprint density at radius 1 is 1.30 bits per heavy atom. The minimum Gasteiger partial charge on any atom is -0.481 e. The lowest BCUT2D eigenvalue weighted by atomic mass is 10.0. The standard InChI is InChI=1S/C16H17NO3/c18-15(8-6-13-4-2-1-3-5-13)17-11-10-14(12-17)7-9-16(19)20/h1-5,14H,7,9-12H2,(H,19,20). The molecule has 104 valence electrons. The van der Waals surface area contributed by atoms with E-state index in [-0.39, 0.29) is 18.2 Å². The summed E-state index contributed by atoms with van der Waals surface area (Å²) in [4.78, 5) is 24.2. The highest BCUT2D eigenvalue weighted by Gasteiger charge is 2.25. The second kappa shape index (κ2) is 6.76. The zero-order valence-electron chi connectivity index (χ0n) is 11.2. The van der Waals surface area contributed by atoms with Crippen LogP contribution in [0.5, 0.6) is 0 Å². The van der Waals surface area contributed by atoms with Gasteiger partial charge >= 0.3 is 5.97 Å². The van der Waals surface area contributed by atoms with Gasteiger partial charge in [0.2, 0.25) is 0 Å². The number of amides is 1. The smallest absolute Gasteiger partial charge is 0.303 e. The first-order valence-electron chi connectivity index (χ1n) is 6.73. The maximum absolute atomic E-state index is 11.9. The van der Waals surface area contributed by atoms with Crippen LogP contribution < -0.4 is 0 Å². The van der Waals surface area contributed by atoms with Crippen LogP contribution in [0.15, 0.2) is 30.3 Å². The van der Waals surface area contributed by atoms with E-state index in [1.807, 2.05) is 30.3 Å². The highest BCUT2D eigenvalue weighted by atomic mass is 16.4. The number of likely N-dealkylation sites (tertiary alicyclic amines) is 1. The fourth-order valence-corrected chi connectivity index (χ4v) is 2.31. The Balaban J connectivity index is 1.86. The molecular weight excluding hydrogens is 254 g/mol. The van der Waals surface area contributed by atoms with Gasteiger partial charge in [0.15, 0.2) is 0 Å². The van der Waals surface area contributed by atoms with Gasteiger partial charge in [-0.25, -0.2) is 0 Å². The van der Waals surface area contributed by atoms with Gasteiger partial charge in [-0.05, 0) is 30.9 Å². The molecule has 1 unspecified atom stereocenters. The molecule has 1 N–H and O–H groups in total. The fraction of sp³-hybridized carbons (Fsp3) is 0.375. The van der Waals surface area contributed by atoms with Crippen molar-refractivity contribution in [3.8, 4) is 11.8 Å². The first-order valence-corrected chi connectivity index (χ1v) is 6.73. The molecule has 0 radical (unpaired) electrons. The molecule has 1 aliphatic rings. The number of carbonyl (C=O) groups is 2. The lowest BCUT2D eigenvalue weighted by molar-refractivity contribution is -0.137. The van der Waals surface area contributed by atoms with E-state index in [1.54, 1.807) is 4.90 Å². The predicted octanol–water partition coefficient (Wildman–Crippen LogP) is 1.75. The quantitative estimate of drug-likeness (QED) is 0.852. The van der Waals surface area contributed by atoms with Gasteiger partial charge in [-0.1, -0.05) is 24.1 Å². The monoisotopic (exact) mass is 271 g/mol. The molecule has 1 aromatic rings. The number of hydrogen-bond donors (Lipinski definition) is 1. The van der Waals surface area contributed by atoms with Gasteiger partial charge in [0.25, 0.3) is 5.91 Å². The van der Waals surface area contributed by atoms with Crippen molar-refractivity contribution in [3.63, 3.8) is 0 Å². The molecule has 0 bridgehead atoms. The van der Waals surface area contributed by atoms with Crippen LogP contribution >= 0.6 is 0 Å². The zero-order valence-corrected chi connectivity index (χ0v) is 11.2. The van der Waals surface area contributed by atoms with Crippen LogP contribution in [0.1, 0.15) is 24.8 Å². The molecule has 1 amide bonds. The molecule has 1 fully saturated rings.